The number of H-pyrrole nitrogens is 1. The van der Waals surface area contributed by atoms with Crippen LogP contribution in [0.2, 0.25) is 0 Å². The molecule has 0 atom stereocenters. The predicted molar refractivity (Wildman–Crippen MR) is 93.6 cm³/mol. The van der Waals surface area contributed by atoms with Gasteiger partial charge in [-0.15, -0.1) is 0 Å². The molecule has 8 heteroatoms. The maximum Gasteiger partial charge on any atom is 0.191 e. The number of para-hydroxylation sites is 2. The van der Waals surface area contributed by atoms with Crippen molar-refractivity contribution in [2.24, 2.45) is 12.0 Å². The third kappa shape index (κ3) is 3.89. The number of guanidine groups is 1. The molecule has 0 aliphatic heterocycles. The molecular weight excluding hydrogens is 304 g/mol. The van der Waals surface area contributed by atoms with Gasteiger partial charge < -0.3 is 15.6 Å². The zero-order valence-corrected chi connectivity index (χ0v) is 14.0. The lowest BCUT2D eigenvalue weighted by Crippen LogP contribution is -2.38. The molecule has 0 saturated carbocycles. The summed E-state index contributed by atoms with van der Waals surface area (Å²) in [6.45, 7) is 1.40. The predicted octanol–water partition coefficient (Wildman–Crippen LogP) is 0.989. The Morgan fingerprint density at radius 2 is 2.17 bits per heavy atom. The Kier molecular flexibility index (Phi) is 5.05. The Bertz CT molecular complexity index is 783. The summed E-state index contributed by atoms with van der Waals surface area (Å²) in [5, 5.41) is 10.6. The lowest BCUT2D eigenvalue weighted by atomic mass is 10.3. The van der Waals surface area contributed by atoms with Gasteiger partial charge in [-0.1, -0.05) is 12.1 Å². The van der Waals surface area contributed by atoms with Gasteiger partial charge in [0.15, 0.2) is 5.96 Å². The quantitative estimate of drug-likeness (QED) is 0.357. The molecule has 24 heavy (non-hydrogen) atoms. The molecule has 0 amide bonds. The van der Waals surface area contributed by atoms with Gasteiger partial charge in [0.25, 0.3) is 0 Å². The highest BCUT2D eigenvalue weighted by Gasteiger charge is 2.04. The van der Waals surface area contributed by atoms with Gasteiger partial charge in [-0.2, -0.15) is 5.10 Å². The van der Waals surface area contributed by atoms with E-state index in [1.807, 2.05) is 31.3 Å². The van der Waals surface area contributed by atoms with Crippen LogP contribution in [0.3, 0.4) is 0 Å². The van der Waals surface area contributed by atoms with Crippen LogP contribution in [0, 0.1) is 0 Å². The van der Waals surface area contributed by atoms with Gasteiger partial charge in [-0.25, -0.2) is 9.97 Å². The van der Waals surface area contributed by atoms with Crippen LogP contribution in [0.5, 0.6) is 0 Å². The van der Waals surface area contributed by atoms with Crippen LogP contribution < -0.4 is 10.6 Å². The lowest BCUT2D eigenvalue weighted by Gasteiger charge is -2.11. The smallest absolute Gasteiger partial charge is 0.191 e. The van der Waals surface area contributed by atoms with E-state index >= 15 is 0 Å². The minimum absolute atomic E-state index is 0.583. The number of benzene rings is 1. The Labute approximate surface area is 140 Å². The Balaban J connectivity index is 1.42. The average molecular weight is 326 g/mol. The highest BCUT2D eigenvalue weighted by Crippen LogP contribution is 2.10. The number of aliphatic imine (C=N–C) groups is 1. The summed E-state index contributed by atoms with van der Waals surface area (Å²) in [4.78, 5) is 16.3. The number of imidazole rings is 1. The molecule has 1 aromatic carbocycles. The van der Waals surface area contributed by atoms with Crippen molar-refractivity contribution in [2.45, 2.75) is 19.4 Å². The second kappa shape index (κ2) is 7.58. The van der Waals surface area contributed by atoms with Gasteiger partial charge in [0, 0.05) is 27.1 Å². The van der Waals surface area contributed by atoms with Crippen LogP contribution in [0.1, 0.15) is 18.1 Å². The number of aryl methyl sites for hydroxylation is 2. The molecule has 3 rings (SSSR count). The number of rotatable bonds is 6. The Hall–Kier alpha value is -2.90. The van der Waals surface area contributed by atoms with Gasteiger partial charge in [-0.3, -0.25) is 9.67 Å². The number of fused-ring (bicyclic) bond motifs is 1. The van der Waals surface area contributed by atoms with Crippen molar-refractivity contribution < 1.29 is 0 Å². The van der Waals surface area contributed by atoms with Crippen LogP contribution >= 0.6 is 0 Å². The standard InChI is InChI=1S/C16H22N8/c1-17-16(19-10-15-20-11-21-24(15)2)18-9-5-8-14-22-12-6-3-4-7-13(12)23-14/h3-4,6-7,11H,5,8-10H2,1-2H3,(H,22,23)(H2,17,18,19). The van der Waals surface area contributed by atoms with Crippen LogP contribution in [-0.2, 0) is 20.0 Å². The molecule has 3 aromatic rings. The number of aromatic amines is 1. The fourth-order valence-electron chi connectivity index (χ4n) is 2.45. The second-order valence-corrected chi connectivity index (χ2v) is 5.46. The molecule has 8 nitrogen and oxygen atoms in total. The minimum Gasteiger partial charge on any atom is -0.356 e. The number of nitrogens with zero attached hydrogens (tertiary/aromatic N) is 5. The van der Waals surface area contributed by atoms with E-state index in [0.717, 1.165) is 48.0 Å². The van der Waals surface area contributed by atoms with Gasteiger partial charge in [0.05, 0.1) is 17.6 Å². The van der Waals surface area contributed by atoms with E-state index in [4.69, 9.17) is 0 Å². The molecule has 0 saturated heterocycles. The third-order valence-corrected chi connectivity index (χ3v) is 3.76. The van der Waals surface area contributed by atoms with Crippen LogP contribution in [0.4, 0.5) is 0 Å². The molecule has 0 unspecified atom stereocenters. The number of hydrogen-bond acceptors (Lipinski definition) is 4. The zero-order chi connectivity index (χ0) is 16.8. The number of hydrogen-bond donors (Lipinski definition) is 3. The molecule has 126 valence electrons. The van der Waals surface area contributed by atoms with E-state index in [0.29, 0.717) is 6.54 Å². The van der Waals surface area contributed by atoms with E-state index < -0.39 is 0 Å². The summed E-state index contributed by atoms with van der Waals surface area (Å²) in [7, 11) is 3.62. The fourth-order valence-corrected chi connectivity index (χ4v) is 2.45. The molecule has 2 aromatic heterocycles. The maximum atomic E-state index is 4.58. The van der Waals surface area contributed by atoms with Crippen molar-refractivity contribution in [3.05, 3.63) is 42.2 Å². The van der Waals surface area contributed by atoms with Gasteiger partial charge in [0.2, 0.25) is 0 Å². The van der Waals surface area contributed by atoms with E-state index in [1.165, 1.54) is 0 Å². The van der Waals surface area contributed by atoms with E-state index in [1.54, 1.807) is 18.1 Å². The Morgan fingerprint density at radius 3 is 2.92 bits per heavy atom. The van der Waals surface area contributed by atoms with Crippen molar-refractivity contribution in [3.8, 4) is 0 Å². The van der Waals surface area contributed by atoms with Crippen molar-refractivity contribution in [1.29, 1.82) is 0 Å². The second-order valence-electron chi connectivity index (χ2n) is 5.46. The first-order valence-corrected chi connectivity index (χ1v) is 7.97. The Morgan fingerprint density at radius 1 is 1.29 bits per heavy atom. The average Bonchev–Trinajstić information content (AvgIpc) is 3.19. The summed E-state index contributed by atoms with van der Waals surface area (Å²) in [6.07, 6.45) is 3.40. The van der Waals surface area contributed by atoms with Crippen LogP contribution in [0.25, 0.3) is 11.0 Å². The van der Waals surface area contributed by atoms with Crippen LogP contribution in [0.15, 0.2) is 35.6 Å². The molecule has 0 aliphatic carbocycles. The van der Waals surface area contributed by atoms with Gasteiger partial charge >= 0.3 is 0 Å². The summed E-state index contributed by atoms with van der Waals surface area (Å²) < 4.78 is 1.74. The first kappa shape index (κ1) is 16.0. The lowest BCUT2D eigenvalue weighted by molar-refractivity contribution is 0.667. The summed E-state index contributed by atoms with van der Waals surface area (Å²) in [5.74, 6) is 2.63. The zero-order valence-electron chi connectivity index (χ0n) is 14.0. The molecule has 2 heterocycles. The number of nitrogens with one attached hydrogen (secondary N) is 3. The maximum absolute atomic E-state index is 4.58. The van der Waals surface area contributed by atoms with Crippen molar-refractivity contribution >= 4 is 17.0 Å². The van der Waals surface area contributed by atoms with Crippen molar-refractivity contribution in [1.82, 2.24) is 35.4 Å². The van der Waals surface area contributed by atoms with E-state index in [2.05, 4.69) is 35.7 Å². The van der Waals surface area contributed by atoms with Crippen molar-refractivity contribution in [2.75, 3.05) is 13.6 Å². The SMILES string of the molecule is CN=C(NCCCc1nc2ccccc2[nH]1)NCc1ncnn1C. The molecule has 3 N–H and O–H groups in total. The largest absolute Gasteiger partial charge is 0.356 e. The molecule has 0 bridgehead atoms. The normalized spacial score (nSPS) is 11.8. The minimum atomic E-state index is 0.583. The van der Waals surface area contributed by atoms with Crippen molar-refractivity contribution in [3.63, 3.8) is 0 Å². The fraction of sp³-hybridized carbons (Fsp3) is 0.375. The first-order valence-electron chi connectivity index (χ1n) is 7.97. The first-order chi connectivity index (χ1) is 11.8. The molecule has 0 spiro atoms. The topological polar surface area (TPSA) is 95.8 Å². The van der Waals surface area contributed by atoms with E-state index in [-0.39, 0.29) is 0 Å². The summed E-state index contributed by atoms with van der Waals surface area (Å²) in [6, 6.07) is 8.08. The highest BCUT2D eigenvalue weighted by atomic mass is 15.3. The van der Waals surface area contributed by atoms with Crippen LogP contribution in [-0.4, -0.2) is 44.3 Å². The molecule has 0 radical (unpaired) electrons. The van der Waals surface area contributed by atoms with Gasteiger partial charge in [-0.05, 0) is 18.6 Å². The monoisotopic (exact) mass is 326 g/mol. The molecular formula is C16H22N8. The van der Waals surface area contributed by atoms with Gasteiger partial charge in [0.1, 0.15) is 18.0 Å². The van der Waals surface area contributed by atoms with E-state index in [9.17, 15) is 0 Å². The summed E-state index contributed by atoms with van der Waals surface area (Å²) >= 11 is 0. The molecule has 0 aliphatic rings. The molecule has 0 fully saturated rings. The third-order valence-electron chi connectivity index (χ3n) is 3.76. The number of aromatic nitrogens is 5. The summed E-state index contributed by atoms with van der Waals surface area (Å²) in [5.41, 5.74) is 2.10. The highest BCUT2D eigenvalue weighted by molar-refractivity contribution is 5.79.